The van der Waals surface area contributed by atoms with E-state index < -0.39 is 5.97 Å². The minimum Gasteiger partial charge on any atom is -0.465 e. The van der Waals surface area contributed by atoms with Crippen molar-refractivity contribution in [1.29, 1.82) is 0 Å². The van der Waals surface area contributed by atoms with Gasteiger partial charge in [0.15, 0.2) is 0 Å². The number of aromatic amines is 1. The third-order valence-electron chi connectivity index (χ3n) is 3.92. The van der Waals surface area contributed by atoms with Gasteiger partial charge in [-0.1, -0.05) is 24.3 Å². The maximum Gasteiger partial charge on any atom is 0.342 e. The van der Waals surface area contributed by atoms with E-state index in [1.807, 2.05) is 49.1 Å². The van der Waals surface area contributed by atoms with Gasteiger partial charge < -0.3 is 14.6 Å². The van der Waals surface area contributed by atoms with Gasteiger partial charge in [-0.3, -0.25) is 0 Å². The van der Waals surface area contributed by atoms with Crippen molar-refractivity contribution in [3.8, 4) is 0 Å². The molecule has 0 aliphatic carbocycles. The van der Waals surface area contributed by atoms with Crippen molar-refractivity contribution in [2.45, 2.75) is 19.9 Å². The van der Waals surface area contributed by atoms with Crippen LogP contribution in [0.1, 0.15) is 24.2 Å². The van der Waals surface area contributed by atoms with Crippen LogP contribution in [0.5, 0.6) is 0 Å². The normalized spacial score (nSPS) is 11.0. The average Bonchev–Trinajstić information content (AvgIpc) is 2.93. The first-order chi connectivity index (χ1) is 11.5. The number of methoxy groups -OCH3 is 1. The Morgan fingerprint density at radius 2 is 1.92 bits per heavy atom. The van der Waals surface area contributed by atoms with E-state index >= 15 is 0 Å². The minimum atomic E-state index is -0.426. The van der Waals surface area contributed by atoms with E-state index in [-0.39, 0.29) is 11.9 Å². The van der Waals surface area contributed by atoms with Crippen molar-refractivity contribution in [2.24, 2.45) is 0 Å². The lowest BCUT2D eigenvalue weighted by Gasteiger charge is -2.28. The third kappa shape index (κ3) is 2.73. The van der Waals surface area contributed by atoms with E-state index in [1.54, 1.807) is 6.07 Å². The fraction of sp³-hybridized carbons (Fsp3) is 0.211. The Morgan fingerprint density at radius 1 is 1.17 bits per heavy atom. The van der Waals surface area contributed by atoms with Gasteiger partial charge in [0.2, 0.25) is 0 Å². The van der Waals surface area contributed by atoms with Crippen LogP contribution in [0.25, 0.3) is 10.9 Å². The van der Waals surface area contributed by atoms with Crippen molar-refractivity contribution in [2.75, 3.05) is 12.0 Å². The number of nitrogens with one attached hydrogen (secondary N) is 1. The highest BCUT2D eigenvalue weighted by Gasteiger charge is 2.25. The zero-order valence-electron chi connectivity index (χ0n) is 13.8. The molecule has 0 unspecified atom stereocenters. The second kappa shape index (κ2) is 6.35. The molecule has 0 atom stereocenters. The highest BCUT2D eigenvalue weighted by Crippen LogP contribution is 2.35. The lowest BCUT2D eigenvalue weighted by Crippen LogP contribution is -2.27. The quantitative estimate of drug-likeness (QED) is 0.710. The molecule has 0 amide bonds. The lowest BCUT2D eigenvalue weighted by atomic mass is 10.1. The van der Waals surface area contributed by atoms with Gasteiger partial charge in [-0.05, 0) is 38.1 Å². The number of anilines is 2. The fourth-order valence-electron chi connectivity index (χ4n) is 2.93. The zero-order chi connectivity index (χ0) is 17.3. The maximum absolute atomic E-state index is 13.7. The predicted molar refractivity (Wildman–Crippen MR) is 93.3 cm³/mol. The van der Waals surface area contributed by atoms with Gasteiger partial charge in [0.1, 0.15) is 17.2 Å². The van der Waals surface area contributed by atoms with Gasteiger partial charge in [0.05, 0.1) is 7.11 Å². The van der Waals surface area contributed by atoms with E-state index in [4.69, 9.17) is 4.74 Å². The maximum atomic E-state index is 13.7. The summed E-state index contributed by atoms with van der Waals surface area (Å²) < 4.78 is 18.7. The number of esters is 1. The van der Waals surface area contributed by atoms with Crippen LogP contribution in [-0.2, 0) is 4.74 Å². The molecule has 0 aliphatic heterocycles. The van der Waals surface area contributed by atoms with E-state index in [0.29, 0.717) is 17.1 Å². The van der Waals surface area contributed by atoms with Crippen LogP contribution in [0.3, 0.4) is 0 Å². The van der Waals surface area contributed by atoms with Crippen LogP contribution in [0.2, 0.25) is 0 Å². The Morgan fingerprint density at radius 3 is 2.58 bits per heavy atom. The van der Waals surface area contributed by atoms with Crippen LogP contribution in [0, 0.1) is 5.82 Å². The SMILES string of the molecule is COC(=O)c1c(N(c2cccc(F)c2)C(C)C)[nH]c2ccccc12. The van der Waals surface area contributed by atoms with Crippen molar-refractivity contribution in [1.82, 2.24) is 4.98 Å². The number of H-pyrrole nitrogens is 1. The van der Waals surface area contributed by atoms with Gasteiger partial charge in [0, 0.05) is 22.6 Å². The summed E-state index contributed by atoms with van der Waals surface area (Å²) >= 11 is 0. The summed E-state index contributed by atoms with van der Waals surface area (Å²) in [6, 6.07) is 13.8. The highest BCUT2D eigenvalue weighted by atomic mass is 19.1. The van der Waals surface area contributed by atoms with Crippen LogP contribution in [0.4, 0.5) is 15.9 Å². The molecular weight excluding hydrogens is 307 g/mol. The van der Waals surface area contributed by atoms with Crippen molar-refractivity contribution < 1.29 is 13.9 Å². The molecule has 3 rings (SSSR count). The number of benzene rings is 2. The smallest absolute Gasteiger partial charge is 0.342 e. The Labute approximate surface area is 139 Å². The molecule has 2 aromatic carbocycles. The van der Waals surface area contributed by atoms with E-state index in [9.17, 15) is 9.18 Å². The Balaban J connectivity index is 2.27. The Bertz CT molecular complexity index is 886. The molecule has 4 nitrogen and oxygen atoms in total. The molecule has 1 heterocycles. The fourth-order valence-corrected chi connectivity index (χ4v) is 2.93. The van der Waals surface area contributed by atoms with Gasteiger partial charge >= 0.3 is 5.97 Å². The van der Waals surface area contributed by atoms with Crippen molar-refractivity contribution in [3.63, 3.8) is 0 Å². The molecule has 0 bridgehead atoms. The number of nitrogens with zero attached hydrogens (tertiary/aromatic N) is 1. The first kappa shape index (κ1) is 16.1. The highest BCUT2D eigenvalue weighted by molar-refractivity contribution is 6.10. The summed E-state index contributed by atoms with van der Waals surface area (Å²) in [6.07, 6.45) is 0. The number of ether oxygens (including phenoxy) is 1. The van der Waals surface area contributed by atoms with Crippen LogP contribution >= 0.6 is 0 Å². The number of aromatic nitrogens is 1. The van der Waals surface area contributed by atoms with Crippen LogP contribution < -0.4 is 4.90 Å². The standard InChI is InChI=1S/C19H19FN2O2/c1-12(2)22(14-8-6-7-13(20)11-14)18-17(19(23)24-3)15-9-4-5-10-16(15)21-18/h4-12,21H,1-3H3. The molecule has 0 saturated heterocycles. The summed E-state index contributed by atoms with van der Waals surface area (Å²) in [6.45, 7) is 3.97. The molecule has 24 heavy (non-hydrogen) atoms. The second-order valence-corrected chi connectivity index (χ2v) is 5.83. The van der Waals surface area contributed by atoms with Gasteiger partial charge in [0.25, 0.3) is 0 Å². The molecule has 1 N–H and O–H groups in total. The van der Waals surface area contributed by atoms with E-state index in [1.165, 1.54) is 19.2 Å². The topological polar surface area (TPSA) is 45.3 Å². The largest absolute Gasteiger partial charge is 0.465 e. The summed E-state index contributed by atoms with van der Waals surface area (Å²) in [7, 11) is 1.36. The van der Waals surface area contributed by atoms with Crippen molar-refractivity contribution in [3.05, 3.63) is 59.9 Å². The zero-order valence-corrected chi connectivity index (χ0v) is 13.8. The molecule has 0 spiro atoms. The third-order valence-corrected chi connectivity index (χ3v) is 3.92. The second-order valence-electron chi connectivity index (χ2n) is 5.83. The molecule has 3 aromatic rings. The van der Waals surface area contributed by atoms with E-state index in [0.717, 1.165) is 10.9 Å². The summed E-state index contributed by atoms with van der Waals surface area (Å²) in [5.74, 6) is -0.151. The Hall–Kier alpha value is -2.82. The number of hydrogen-bond acceptors (Lipinski definition) is 3. The summed E-state index contributed by atoms with van der Waals surface area (Å²) in [5.41, 5.74) is 1.95. The predicted octanol–water partition coefficient (Wildman–Crippen LogP) is 4.64. The minimum absolute atomic E-state index is 0.00303. The molecule has 5 heteroatoms. The average molecular weight is 326 g/mol. The molecule has 124 valence electrons. The lowest BCUT2D eigenvalue weighted by molar-refractivity contribution is 0.0604. The van der Waals surface area contributed by atoms with Gasteiger partial charge in [-0.25, -0.2) is 9.18 Å². The summed E-state index contributed by atoms with van der Waals surface area (Å²) in [5, 5.41) is 0.779. The molecule has 0 aliphatic rings. The molecule has 0 radical (unpaired) electrons. The molecular formula is C19H19FN2O2. The number of para-hydroxylation sites is 1. The molecule has 1 aromatic heterocycles. The Kier molecular flexibility index (Phi) is 4.25. The molecule has 0 saturated carbocycles. The van der Waals surface area contributed by atoms with E-state index in [2.05, 4.69) is 4.98 Å². The van der Waals surface area contributed by atoms with Gasteiger partial charge in [-0.15, -0.1) is 0 Å². The number of carbonyl (C=O) groups is 1. The van der Waals surface area contributed by atoms with Crippen LogP contribution in [-0.4, -0.2) is 24.1 Å². The van der Waals surface area contributed by atoms with Crippen molar-refractivity contribution >= 4 is 28.4 Å². The number of rotatable bonds is 4. The number of fused-ring (bicyclic) bond motifs is 1. The first-order valence-corrected chi connectivity index (χ1v) is 7.76. The number of halogens is 1. The monoisotopic (exact) mass is 326 g/mol. The summed E-state index contributed by atoms with van der Waals surface area (Å²) in [4.78, 5) is 17.6. The molecule has 0 fully saturated rings. The van der Waals surface area contributed by atoms with Gasteiger partial charge in [-0.2, -0.15) is 0 Å². The number of carbonyl (C=O) groups excluding carboxylic acids is 1. The first-order valence-electron chi connectivity index (χ1n) is 7.76. The number of hydrogen-bond donors (Lipinski definition) is 1. The van der Waals surface area contributed by atoms with Crippen LogP contribution in [0.15, 0.2) is 48.5 Å².